The Balaban J connectivity index is 0.00000136. The van der Waals surface area contributed by atoms with Crippen molar-refractivity contribution in [2.24, 2.45) is 7.05 Å². The van der Waals surface area contributed by atoms with Crippen molar-refractivity contribution < 1.29 is 9.90 Å². The Kier molecular flexibility index (Phi) is 6.80. The second-order valence-corrected chi connectivity index (χ2v) is 6.33. The number of halogens is 1. The van der Waals surface area contributed by atoms with Gasteiger partial charge in [-0.1, -0.05) is 44.5 Å². The highest BCUT2D eigenvalue weighted by Gasteiger charge is 2.20. The lowest BCUT2D eigenvalue weighted by molar-refractivity contribution is -0.137. The Hall–Kier alpha value is -2.87. The first-order chi connectivity index (χ1) is 13.3. The van der Waals surface area contributed by atoms with E-state index in [0.29, 0.717) is 22.8 Å². The van der Waals surface area contributed by atoms with E-state index in [1.807, 2.05) is 20.8 Å². The Labute approximate surface area is 166 Å². The fourth-order valence-electron chi connectivity index (χ4n) is 2.91. The third-order valence-electron chi connectivity index (χ3n) is 4.20. The molecule has 150 valence electrons. The number of benzene rings is 1. The van der Waals surface area contributed by atoms with E-state index in [1.165, 1.54) is 0 Å². The number of fused-ring (bicyclic) bond motifs is 1. The first-order valence-corrected chi connectivity index (χ1v) is 9.36. The zero-order valence-electron chi connectivity index (χ0n) is 16.3. The molecule has 0 atom stereocenters. The average molecular weight is 407 g/mol. The Morgan fingerprint density at radius 1 is 1.14 bits per heavy atom. The zero-order chi connectivity index (χ0) is 21.0. The normalized spacial score (nSPS) is 10.6. The van der Waals surface area contributed by atoms with Crippen LogP contribution in [0.1, 0.15) is 32.2 Å². The van der Waals surface area contributed by atoms with E-state index in [-0.39, 0.29) is 17.7 Å². The molecule has 0 saturated carbocycles. The lowest BCUT2D eigenvalue weighted by Crippen LogP contribution is -2.41. The number of aromatic nitrogens is 4. The van der Waals surface area contributed by atoms with E-state index < -0.39 is 23.8 Å². The molecule has 9 heteroatoms. The minimum absolute atomic E-state index is 0.0109. The van der Waals surface area contributed by atoms with Crippen LogP contribution in [0.3, 0.4) is 0 Å². The minimum Gasteiger partial charge on any atom is -0.480 e. The average Bonchev–Trinajstić information content (AvgIpc) is 3.01. The molecule has 1 N–H and O–H groups in total. The van der Waals surface area contributed by atoms with Crippen molar-refractivity contribution in [1.82, 2.24) is 18.7 Å². The van der Waals surface area contributed by atoms with Crippen LogP contribution in [-0.4, -0.2) is 29.8 Å². The highest BCUT2D eigenvalue weighted by Crippen LogP contribution is 2.12. The quantitative estimate of drug-likeness (QED) is 0.700. The van der Waals surface area contributed by atoms with E-state index in [0.717, 1.165) is 9.13 Å². The first kappa shape index (κ1) is 21.4. The van der Waals surface area contributed by atoms with Crippen molar-refractivity contribution in [1.29, 1.82) is 0 Å². The molecule has 1 aromatic carbocycles. The van der Waals surface area contributed by atoms with Gasteiger partial charge in [-0.15, -0.1) is 0 Å². The van der Waals surface area contributed by atoms with E-state index in [9.17, 15) is 14.4 Å². The number of imidazole rings is 1. The van der Waals surface area contributed by atoms with Gasteiger partial charge in [0.1, 0.15) is 12.4 Å². The summed E-state index contributed by atoms with van der Waals surface area (Å²) in [7, 11) is 1.68. The third kappa shape index (κ3) is 4.01. The summed E-state index contributed by atoms with van der Waals surface area (Å²) in [6.07, 6.45) is 0.545. The lowest BCUT2D eigenvalue weighted by Gasteiger charge is -2.10. The van der Waals surface area contributed by atoms with Gasteiger partial charge in [-0.2, -0.15) is 0 Å². The maximum Gasteiger partial charge on any atom is 0.333 e. The number of aryl methyl sites for hydroxylation is 2. The molecule has 0 spiro atoms. The summed E-state index contributed by atoms with van der Waals surface area (Å²) in [6.45, 7) is 5.31. The zero-order valence-corrected chi connectivity index (χ0v) is 17.0. The van der Waals surface area contributed by atoms with Crippen LogP contribution in [-0.2, 0) is 31.4 Å². The van der Waals surface area contributed by atoms with Crippen molar-refractivity contribution in [3.63, 3.8) is 0 Å². The molecule has 0 aliphatic carbocycles. The Morgan fingerprint density at radius 2 is 1.75 bits per heavy atom. The van der Waals surface area contributed by atoms with Crippen molar-refractivity contribution in [3.05, 3.63) is 61.5 Å². The van der Waals surface area contributed by atoms with Crippen LogP contribution in [0.4, 0.5) is 0 Å². The van der Waals surface area contributed by atoms with Gasteiger partial charge in [-0.25, -0.2) is 9.78 Å². The van der Waals surface area contributed by atoms with Crippen molar-refractivity contribution in [3.8, 4) is 0 Å². The van der Waals surface area contributed by atoms with Crippen LogP contribution >= 0.6 is 11.6 Å². The molecular weight excluding hydrogens is 384 g/mol. The molecule has 2 heterocycles. The van der Waals surface area contributed by atoms with Gasteiger partial charge in [0.2, 0.25) is 0 Å². The number of rotatable bonds is 5. The predicted octanol–water partition coefficient (Wildman–Crippen LogP) is 2.27. The molecule has 28 heavy (non-hydrogen) atoms. The predicted molar refractivity (Wildman–Crippen MR) is 108 cm³/mol. The van der Waals surface area contributed by atoms with Crippen LogP contribution in [0.15, 0.2) is 33.9 Å². The monoisotopic (exact) mass is 406 g/mol. The second kappa shape index (κ2) is 8.88. The number of aliphatic carboxylic acids is 1. The van der Waals surface area contributed by atoms with E-state index in [1.54, 1.807) is 35.9 Å². The van der Waals surface area contributed by atoms with E-state index in [2.05, 4.69) is 4.98 Å². The molecule has 0 amide bonds. The number of carboxylic acid groups (broad SMARTS) is 1. The van der Waals surface area contributed by atoms with Crippen LogP contribution in [0, 0.1) is 0 Å². The number of carboxylic acids is 1. The summed E-state index contributed by atoms with van der Waals surface area (Å²) in [5, 5.41) is 9.71. The molecule has 8 nitrogen and oxygen atoms in total. The SMILES string of the molecule is CC.CCc1nc2c(c(=O)n(Cc3ccc(Cl)cc3)c(=O)n2CC(=O)O)n1C. The van der Waals surface area contributed by atoms with Crippen LogP contribution in [0.5, 0.6) is 0 Å². The van der Waals surface area contributed by atoms with Crippen molar-refractivity contribution in [2.75, 3.05) is 0 Å². The molecule has 0 radical (unpaired) electrons. The molecule has 0 aliphatic heterocycles. The molecule has 3 aromatic rings. The maximum atomic E-state index is 12.9. The Morgan fingerprint density at radius 3 is 2.29 bits per heavy atom. The summed E-state index contributed by atoms with van der Waals surface area (Å²) in [4.78, 5) is 41.2. The van der Waals surface area contributed by atoms with Gasteiger partial charge in [0.05, 0.1) is 6.54 Å². The van der Waals surface area contributed by atoms with Gasteiger partial charge in [-0.05, 0) is 17.7 Å². The molecule has 0 aliphatic rings. The van der Waals surface area contributed by atoms with Gasteiger partial charge < -0.3 is 9.67 Å². The molecular formula is C19H23ClN4O4. The topological polar surface area (TPSA) is 99.1 Å². The maximum absolute atomic E-state index is 12.9. The molecule has 3 rings (SSSR count). The first-order valence-electron chi connectivity index (χ1n) is 8.98. The molecule has 0 unspecified atom stereocenters. The highest BCUT2D eigenvalue weighted by molar-refractivity contribution is 6.30. The van der Waals surface area contributed by atoms with Gasteiger partial charge >= 0.3 is 11.7 Å². The summed E-state index contributed by atoms with van der Waals surface area (Å²) >= 11 is 5.87. The van der Waals surface area contributed by atoms with Crippen molar-refractivity contribution in [2.45, 2.75) is 40.3 Å². The minimum atomic E-state index is -1.19. The third-order valence-corrected chi connectivity index (χ3v) is 4.45. The van der Waals surface area contributed by atoms with E-state index in [4.69, 9.17) is 16.7 Å². The summed E-state index contributed by atoms with van der Waals surface area (Å²) in [6, 6.07) is 6.74. The van der Waals surface area contributed by atoms with Gasteiger partial charge in [0.15, 0.2) is 11.2 Å². The van der Waals surface area contributed by atoms with Crippen LogP contribution in [0.25, 0.3) is 11.2 Å². The summed E-state index contributed by atoms with van der Waals surface area (Å²) in [5.41, 5.74) is -0.213. The summed E-state index contributed by atoms with van der Waals surface area (Å²) in [5.74, 6) is -0.589. The summed E-state index contributed by atoms with van der Waals surface area (Å²) < 4.78 is 3.65. The fraction of sp³-hybridized carbons (Fsp3) is 0.368. The number of hydrogen-bond donors (Lipinski definition) is 1. The lowest BCUT2D eigenvalue weighted by atomic mass is 10.2. The van der Waals surface area contributed by atoms with Crippen LogP contribution < -0.4 is 11.2 Å². The largest absolute Gasteiger partial charge is 0.480 e. The van der Waals surface area contributed by atoms with Gasteiger partial charge in [0.25, 0.3) is 5.56 Å². The fourth-order valence-corrected chi connectivity index (χ4v) is 3.04. The van der Waals surface area contributed by atoms with Gasteiger partial charge in [-0.3, -0.25) is 18.7 Å². The number of nitrogens with zero attached hydrogens (tertiary/aromatic N) is 4. The molecule has 0 bridgehead atoms. The molecule has 0 fully saturated rings. The van der Waals surface area contributed by atoms with Gasteiger partial charge in [0, 0.05) is 18.5 Å². The standard InChI is InChI=1S/C17H17ClN4O4.C2H6/c1-3-12-19-15-14(20(12)2)16(25)22(17(26)21(15)9-13(23)24)8-10-4-6-11(18)7-5-10;1-2/h4-7H,3,8-9H2,1-2H3,(H,23,24);1-2H3. The number of hydrogen-bond acceptors (Lipinski definition) is 4. The Bertz CT molecular complexity index is 1110. The van der Waals surface area contributed by atoms with Crippen molar-refractivity contribution >= 4 is 28.7 Å². The second-order valence-electron chi connectivity index (χ2n) is 5.89. The van der Waals surface area contributed by atoms with Crippen LogP contribution in [0.2, 0.25) is 5.02 Å². The number of carbonyl (C=O) groups is 1. The smallest absolute Gasteiger partial charge is 0.333 e. The van der Waals surface area contributed by atoms with E-state index >= 15 is 0 Å². The molecule has 2 aromatic heterocycles. The molecule has 0 saturated heterocycles. The highest BCUT2D eigenvalue weighted by atomic mass is 35.5.